The van der Waals surface area contributed by atoms with Gasteiger partial charge in [-0.1, -0.05) is 36.4 Å². The van der Waals surface area contributed by atoms with Crippen LogP contribution in [-0.4, -0.2) is 45.4 Å². The van der Waals surface area contributed by atoms with Crippen LogP contribution < -0.4 is 4.90 Å². The summed E-state index contributed by atoms with van der Waals surface area (Å²) in [5.41, 5.74) is 2.17. The Hall–Kier alpha value is -1.65. The highest BCUT2D eigenvalue weighted by Gasteiger charge is 2.25. The highest BCUT2D eigenvalue weighted by Crippen LogP contribution is 2.30. The number of ether oxygens (including phenoxy) is 2. The van der Waals surface area contributed by atoms with Crippen LogP contribution in [0, 0.1) is 0 Å². The van der Waals surface area contributed by atoms with Crippen molar-refractivity contribution in [3.05, 3.63) is 41.5 Å². The number of benzene rings is 1. The number of carbonyl (C=O) groups excluding carboxylic acids is 1. The SMILES string of the molecule is O=C(OCC[NH+]1CCOCC1)C1C=Cc2ccccc21. The minimum Gasteiger partial charge on any atom is -0.459 e. The number of quaternary nitrogens is 1. The lowest BCUT2D eigenvalue weighted by molar-refractivity contribution is -0.908. The van der Waals surface area contributed by atoms with Gasteiger partial charge in [-0.3, -0.25) is 4.79 Å². The topological polar surface area (TPSA) is 40.0 Å². The molecule has 1 fully saturated rings. The molecule has 1 aromatic carbocycles. The van der Waals surface area contributed by atoms with Crippen LogP contribution in [0.2, 0.25) is 0 Å². The van der Waals surface area contributed by atoms with Crippen molar-refractivity contribution in [1.82, 2.24) is 0 Å². The van der Waals surface area contributed by atoms with Crippen molar-refractivity contribution in [2.75, 3.05) is 39.5 Å². The Morgan fingerprint density at radius 3 is 2.95 bits per heavy atom. The lowest BCUT2D eigenvalue weighted by Gasteiger charge is -2.23. The van der Waals surface area contributed by atoms with E-state index >= 15 is 0 Å². The second-order valence-electron chi connectivity index (χ2n) is 5.25. The number of fused-ring (bicyclic) bond motifs is 1. The fourth-order valence-electron chi connectivity index (χ4n) is 2.75. The predicted molar refractivity (Wildman–Crippen MR) is 75.6 cm³/mol. The van der Waals surface area contributed by atoms with E-state index in [4.69, 9.17) is 9.47 Å². The van der Waals surface area contributed by atoms with Crippen molar-refractivity contribution in [3.8, 4) is 0 Å². The normalized spacial score (nSPS) is 21.7. The Bertz CT molecular complexity index is 506. The second-order valence-corrected chi connectivity index (χ2v) is 5.25. The Labute approximate surface area is 119 Å². The Morgan fingerprint density at radius 1 is 1.30 bits per heavy atom. The molecule has 0 saturated carbocycles. The molecule has 1 aromatic rings. The van der Waals surface area contributed by atoms with Crippen molar-refractivity contribution in [2.24, 2.45) is 0 Å². The lowest BCUT2D eigenvalue weighted by Crippen LogP contribution is -3.14. The number of carbonyl (C=O) groups is 1. The first-order chi connectivity index (χ1) is 9.84. The van der Waals surface area contributed by atoms with Crippen molar-refractivity contribution in [3.63, 3.8) is 0 Å². The summed E-state index contributed by atoms with van der Waals surface area (Å²) in [4.78, 5) is 13.6. The minimum absolute atomic E-state index is 0.140. The third-order valence-electron chi connectivity index (χ3n) is 3.95. The highest BCUT2D eigenvalue weighted by atomic mass is 16.5. The minimum atomic E-state index is -0.231. The zero-order valence-electron chi connectivity index (χ0n) is 11.5. The Morgan fingerprint density at radius 2 is 2.10 bits per heavy atom. The van der Waals surface area contributed by atoms with Gasteiger partial charge in [0.1, 0.15) is 32.2 Å². The van der Waals surface area contributed by atoms with Crippen molar-refractivity contribution in [2.45, 2.75) is 5.92 Å². The lowest BCUT2D eigenvalue weighted by atomic mass is 10.0. The fourth-order valence-corrected chi connectivity index (χ4v) is 2.75. The van der Waals surface area contributed by atoms with Gasteiger partial charge in [0, 0.05) is 0 Å². The molecule has 1 saturated heterocycles. The van der Waals surface area contributed by atoms with E-state index in [1.165, 1.54) is 4.90 Å². The van der Waals surface area contributed by atoms with E-state index in [9.17, 15) is 4.79 Å². The number of morpholine rings is 1. The molecule has 1 aliphatic carbocycles. The average molecular weight is 274 g/mol. The molecular formula is C16H20NO3+. The number of rotatable bonds is 4. The standard InChI is InChI=1S/C16H19NO3/c18-16(20-12-9-17-7-10-19-11-8-17)15-6-5-13-3-1-2-4-14(13)15/h1-6,15H,7-12H2/p+1. The van der Waals surface area contributed by atoms with Gasteiger partial charge in [-0.25, -0.2) is 0 Å². The molecule has 1 unspecified atom stereocenters. The number of nitrogens with one attached hydrogen (secondary N) is 1. The van der Waals surface area contributed by atoms with Gasteiger partial charge in [0.15, 0.2) is 0 Å². The highest BCUT2D eigenvalue weighted by molar-refractivity contribution is 5.86. The first-order valence-corrected chi connectivity index (χ1v) is 7.19. The largest absolute Gasteiger partial charge is 0.459 e. The molecule has 0 radical (unpaired) electrons. The Balaban J connectivity index is 1.49. The van der Waals surface area contributed by atoms with Crippen LogP contribution in [0.5, 0.6) is 0 Å². The van der Waals surface area contributed by atoms with E-state index in [-0.39, 0.29) is 11.9 Å². The molecular weight excluding hydrogens is 254 g/mol. The summed E-state index contributed by atoms with van der Waals surface area (Å²) in [6.07, 6.45) is 3.92. The molecule has 20 heavy (non-hydrogen) atoms. The summed E-state index contributed by atoms with van der Waals surface area (Å²) in [5, 5.41) is 0. The maximum atomic E-state index is 12.1. The first-order valence-electron chi connectivity index (χ1n) is 7.19. The van der Waals surface area contributed by atoms with Gasteiger partial charge < -0.3 is 14.4 Å². The molecule has 2 aliphatic rings. The summed E-state index contributed by atoms with van der Waals surface area (Å²) in [5.74, 6) is -0.371. The van der Waals surface area contributed by atoms with Gasteiger partial charge in [-0.15, -0.1) is 0 Å². The zero-order chi connectivity index (χ0) is 13.8. The third kappa shape index (κ3) is 2.92. The van der Waals surface area contributed by atoms with Crippen LogP contribution in [-0.2, 0) is 14.3 Å². The molecule has 1 atom stereocenters. The van der Waals surface area contributed by atoms with Crippen molar-refractivity contribution < 1.29 is 19.2 Å². The number of hydrogen-bond donors (Lipinski definition) is 1. The smallest absolute Gasteiger partial charge is 0.317 e. The van der Waals surface area contributed by atoms with Crippen LogP contribution in [0.15, 0.2) is 30.3 Å². The van der Waals surface area contributed by atoms with Gasteiger partial charge in [-0.05, 0) is 11.1 Å². The van der Waals surface area contributed by atoms with Gasteiger partial charge in [0.05, 0.1) is 13.2 Å². The van der Waals surface area contributed by atoms with Crippen molar-refractivity contribution in [1.29, 1.82) is 0 Å². The van der Waals surface area contributed by atoms with E-state index in [2.05, 4.69) is 0 Å². The maximum Gasteiger partial charge on any atom is 0.317 e. The third-order valence-corrected chi connectivity index (χ3v) is 3.95. The summed E-state index contributed by atoms with van der Waals surface area (Å²) < 4.78 is 10.7. The molecule has 0 amide bonds. The molecule has 106 valence electrons. The summed E-state index contributed by atoms with van der Waals surface area (Å²) in [7, 11) is 0. The molecule has 0 spiro atoms. The number of esters is 1. The van der Waals surface area contributed by atoms with E-state index in [1.807, 2.05) is 36.4 Å². The maximum absolute atomic E-state index is 12.1. The van der Waals surface area contributed by atoms with Crippen LogP contribution in [0.4, 0.5) is 0 Å². The zero-order valence-corrected chi connectivity index (χ0v) is 11.5. The summed E-state index contributed by atoms with van der Waals surface area (Å²) >= 11 is 0. The molecule has 1 N–H and O–H groups in total. The van der Waals surface area contributed by atoms with Gasteiger partial charge in [-0.2, -0.15) is 0 Å². The van der Waals surface area contributed by atoms with Gasteiger partial charge in [0.2, 0.25) is 0 Å². The summed E-state index contributed by atoms with van der Waals surface area (Å²) in [6.45, 7) is 4.98. The van der Waals surface area contributed by atoms with E-state index < -0.39 is 0 Å². The second kappa shape index (κ2) is 6.20. The fraction of sp³-hybridized carbons (Fsp3) is 0.438. The molecule has 0 bridgehead atoms. The molecule has 1 heterocycles. The van der Waals surface area contributed by atoms with Gasteiger partial charge >= 0.3 is 5.97 Å². The quantitative estimate of drug-likeness (QED) is 0.800. The molecule has 1 aliphatic heterocycles. The van der Waals surface area contributed by atoms with Crippen molar-refractivity contribution >= 4 is 12.0 Å². The monoisotopic (exact) mass is 274 g/mol. The van der Waals surface area contributed by atoms with Crippen LogP contribution in [0.1, 0.15) is 17.0 Å². The van der Waals surface area contributed by atoms with Crippen LogP contribution >= 0.6 is 0 Å². The molecule has 0 aromatic heterocycles. The number of hydrogen-bond acceptors (Lipinski definition) is 3. The molecule has 4 nitrogen and oxygen atoms in total. The van der Waals surface area contributed by atoms with E-state index in [1.54, 1.807) is 0 Å². The molecule has 3 rings (SSSR count). The van der Waals surface area contributed by atoms with E-state index in [0.717, 1.165) is 44.0 Å². The first kappa shape index (κ1) is 13.3. The average Bonchev–Trinajstić information content (AvgIpc) is 2.92. The van der Waals surface area contributed by atoms with E-state index in [0.29, 0.717) is 6.61 Å². The molecule has 4 heteroatoms. The Kier molecular flexibility index (Phi) is 4.14. The van der Waals surface area contributed by atoms with Gasteiger partial charge in [0.25, 0.3) is 0 Å². The predicted octanol–water partition coefficient (Wildman–Crippen LogP) is 0.255. The summed E-state index contributed by atoms with van der Waals surface area (Å²) in [6, 6.07) is 7.97. The van der Waals surface area contributed by atoms with Crippen LogP contribution in [0.25, 0.3) is 6.08 Å². The van der Waals surface area contributed by atoms with Crippen LogP contribution in [0.3, 0.4) is 0 Å².